The Morgan fingerprint density at radius 3 is 2.53 bits per heavy atom. The maximum Gasteiger partial charge on any atom is 0.218 e. The van der Waals surface area contributed by atoms with Crippen LogP contribution in [-0.4, -0.2) is 24.3 Å². The Kier molecular flexibility index (Phi) is 2.43. The topological polar surface area (TPSA) is 35.5 Å². The fourth-order valence-corrected chi connectivity index (χ4v) is 4.25. The molecule has 0 aromatic heterocycles. The van der Waals surface area contributed by atoms with Crippen molar-refractivity contribution in [3.63, 3.8) is 0 Å². The summed E-state index contributed by atoms with van der Waals surface area (Å²) in [6.45, 7) is 8.38. The average molecular weight is 238 g/mol. The van der Waals surface area contributed by atoms with Gasteiger partial charge in [0.05, 0.1) is 12.2 Å². The summed E-state index contributed by atoms with van der Waals surface area (Å²) >= 11 is 0. The van der Waals surface area contributed by atoms with E-state index in [9.17, 15) is 4.79 Å². The lowest BCUT2D eigenvalue weighted by atomic mass is 9.44. The standard InChI is InChI=1S/C14H22O3/c1-7(15)13-16-8(2)12-10-5-9(14(10,3)4)6-11(12)17-13/h8-13H,5-6H2,1-4H3/t8-,9-,10+,11+,12+,13-/m1/s1. The van der Waals surface area contributed by atoms with E-state index in [1.165, 1.54) is 6.42 Å². The van der Waals surface area contributed by atoms with E-state index in [4.69, 9.17) is 9.47 Å². The van der Waals surface area contributed by atoms with Gasteiger partial charge < -0.3 is 9.47 Å². The van der Waals surface area contributed by atoms with E-state index in [0.29, 0.717) is 17.3 Å². The third kappa shape index (κ3) is 1.52. The van der Waals surface area contributed by atoms with Gasteiger partial charge >= 0.3 is 0 Å². The second-order valence-corrected chi connectivity index (χ2v) is 6.63. The predicted octanol–water partition coefficient (Wildman–Crippen LogP) is 2.39. The minimum Gasteiger partial charge on any atom is -0.343 e. The minimum atomic E-state index is -0.619. The number of hydrogen-bond acceptors (Lipinski definition) is 3. The Bertz CT molecular complexity index is 349. The van der Waals surface area contributed by atoms with Gasteiger partial charge in [-0.3, -0.25) is 4.79 Å². The highest BCUT2D eigenvalue weighted by Gasteiger charge is 2.61. The van der Waals surface area contributed by atoms with E-state index in [0.717, 1.165) is 12.3 Å². The van der Waals surface area contributed by atoms with Crippen molar-refractivity contribution in [3.05, 3.63) is 0 Å². The summed E-state index contributed by atoms with van der Waals surface area (Å²) in [5, 5.41) is 0. The van der Waals surface area contributed by atoms with Crippen LogP contribution in [0.4, 0.5) is 0 Å². The Morgan fingerprint density at radius 2 is 1.94 bits per heavy atom. The fraction of sp³-hybridized carbons (Fsp3) is 0.929. The van der Waals surface area contributed by atoms with Crippen molar-refractivity contribution < 1.29 is 14.3 Å². The Morgan fingerprint density at radius 1 is 1.24 bits per heavy atom. The number of hydrogen-bond donors (Lipinski definition) is 0. The van der Waals surface area contributed by atoms with Gasteiger partial charge in [-0.1, -0.05) is 13.8 Å². The number of carbonyl (C=O) groups is 1. The second-order valence-electron chi connectivity index (χ2n) is 6.63. The van der Waals surface area contributed by atoms with Gasteiger partial charge in [0.2, 0.25) is 6.29 Å². The lowest BCUT2D eigenvalue weighted by molar-refractivity contribution is -0.308. The molecule has 4 aliphatic rings. The first-order valence-corrected chi connectivity index (χ1v) is 6.72. The van der Waals surface area contributed by atoms with Crippen LogP contribution in [0.3, 0.4) is 0 Å². The van der Waals surface area contributed by atoms with Gasteiger partial charge in [0.25, 0.3) is 0 Å². The molecule has 1 saturated heterocycles. The van der Waals surface area contributed by atoms with E-state index in [-0.39, 0.29) is 18.0 Å². The van der Waals surface area contributed by atoms with Crippen LogP contribution < -0.4 is 0 Å². The maximum absolute atomic E-state index is 11.4. The highest BCUT2D eigenvalue weighted by Crippen LogP contribution is 2.63. The Labute approximate surface area is 103 Å². The molecule has 3 nitrogen and oxygen atoms in total. The van der Waals surface area contributed by atoms with E-state index >= 15 is 0 Å². The molecule has 1 aliphatic heterocycles. The maximum atomic E-state index is 11.4. The van der Waals surface area contributed by atoms with Crippen LogP contribution in [0.1, 0.15) is 40.5 Å². The first-order valence-electron chi connectivity index (χ1n) is 6.72. The molecule has 1 heterocycles. The number of rotatable bonds is 1. The number of carbonyl (C=O) groups excluding carboxylic acids is 1. The van der Waals surface area contributed by atoms with Crippen molar-refractivity contribution in [1.82, 2.24) is 0 Å². The van der Waals surface area contributed by atoms with Crippen LogP contribution in [0.2, 0.25) is 0 Å². The van der Waals surface area contributed by atoms with Crippen molar-refractivity contribution in [1.29, 1.82) is 0 Å². The molecule has 96 valence electrons. The van der Waals surface area contributed by atoms with Gasteiger partial charge in [-0.2, -0.15) is 0 Å². The molecule has 4 fully saturated rings. The zero-order chi connectivity index (χ0) is 12.4. The van der Waals surface area contributed by atoms with Crippen LogP contribution in [0.15, 0.2) is 0 Å². The molecular weight excluding hydrogens is 216 g/mol. The molecule has 3 heteroatoms. The smallest absolute Gasteiger partial charge is 0.218 e. The average Bonchev–Trinajstić information content (AvgIpc) is 2.27. The van der Waals surface area contributed by atoms with Crippen molar-refractivity contribution in [3.8, 4) is 0 Å². The predicted molar refractivity (Wildman–Crippen MR) is 63.4 cm³/mol. The van der Waals surface area contributed by atoms with Crippen LogP contribution in [-0.2, 0) is 14.3 Å². The van der Waals surface area contributed by atoms with Crippen molar-refractivity contribution >= 4 is 5.78 Å². The molecule has 0 radical (unpaired) electrons. The zero-order valence-corrected chi connectivity index (χ0v) is 11.1. The van der Waals surface area contributed by atoms with Gasteiger partial charge in [0.15, 0.2) is 5.78 Å². The Hall–Kier alpha value is -0.410. The second kappa shape index (κ2) is 3.55. The van der Waals surface area contributed by atoms with E-state index in [2.05, 4.69) is 20.8 Å². The molecule has 0 aromatic carbocycles. The molecule has 4 rings (SSSR count). The molecule has 3 saturated carbocycles. The highest BCUT2D eigenvalue weighted by molar-refractivity contribution is 5.79. The van der Waals surface area contributed by atoms with Gasteiger partial charge in [-0.05, 0) is 43.9 Å². The first-order chi connectivity index (χ1) is 7.91. The summed E-state index contributed by atoms with van der Waals surface area (Å²) < 4.78 is 11.6. The van der Waals surface area contributed by atoms with Gasteiger partial charge in [-0.25, -0.2) is 0 Å². The normalized spacial score (nSPS) is 51.3. The van der Waals surface area contributed by atoms with Gasteiger partial charge in [-0.15, -0.1) is 0 Å². The quantitative estimate of drug-likeness (QED) is 0.703. The summed E-state index contributed by atoms with van der Waals surface area (Å²) in [4.78, 5) is 11.4. The zero-order valence-electron chi connectivity index (χ0n) is 11.1. The number of ether oxygens (including phenoxy) is 2. The molecular formula is C14H22O3. The molecule has 0 spiro atoms. The summed E-state index contributed by atoms with van der Waals surface area (Å²) in [7, 11) is 0. The van der Waals surface area contributed by atoms with E-state index < -0.39 is 6.29 Å². The summed E-state index contributed by atoms with van der Waals surface area (Å²) in [6.07, 6.45) is 2.19. The molecule has 0 N–H and O–H groups in total. The van der Waals surface area contributed by atoms with Crippen LogP contribution >= 0.6 is 0 Å². The highest BCUT2D eigenvalue weighted by atomic mass is 16.7. The SMILES string of the molecule is CC(=O)[C@H]1O[C@H]2C[C@H]3C[C@@H]([C@@H]2[C@@H](C)O1)C3(C)C. The monoisotopic (exact) mass is 238 g/mol. The lowest BCUT2D eigenvalue weighted by Gasteiger charge is -2.64. The van der Waals surface area contributed by atoms with Crippen LogP contribution in [0, 0.1) is 23.2 Å². The summed E-state index contributed by atoms with van der Waals surface area (Å²) in [6, 6.07) is 0. The van der Waals surface area contributed by atoms with Crippen molar-refractivity contribution in [2.75, 3.05) is 0 Å². The molecule has 0 aromatic rings. The van der Waals surface area contributed by atoms with Crippen LogP contribution in [0.25, 0.3) is 0 Å². The first kappa shape index (κ1) is 11.7. The summed E-state index contributed by atoms with van der Waals surface area (Å²) in [5.74, 6) is 1.94. The summed E-state index contributed by atoms with van der Waals surface area (Å²) in [5.41, 5.74) is 0.436. The van der Waals surface area contributed by atoms with E-state index in [1.807, 2.05) is 0 Å². The molecule has 6 atom stereocenters. The number of Topliss-reactive ketones (excluding diaryl/α,β-unsaturated/α-hetero) is 1. The van der Waals surface area contributed by atoms with Crippen molar-refractivity contribution in [2.45, 2.75) is 59.0 Å². The van der Waals surface area contributed by atoms with Crippen molar-refractivity contribution in [2.24, 2.45) is 23.2 Å². The Balaban J connectivity index is 1.81. The molecule has 17 heavy (non-hydrogen) atoms. The van der Waals surface area contributed by atoms with Gasteiger partial charge in [0.1, 0.15) is 0 Å². The van der Waals surface area contributed by atoms with Gasteiger partial charge in [0, 0.05) is 5.92 Å². The molecule has 3 aliphatic carbocycles. The third-order valence-corrected chi connectivity index (χ3v) is 5.47. The molecule has 2 bridgehead atoms. The third-order valence-electron chi connectivity index (χ3n) is 5.47. The fourth-order valence-electron chi connectivity index (χ4n) is 4.25. The molecule has 0 unspecified atom stereocenters. The minimum absolute atomic E-state index is 0.00573. The lowest BCUT2D eigenvalue weighted by Crippen LogP contribution is -2.64. The van der Waals surface area contributed by atoms with E-state index in [1.54, 1.807) is 6.92 Å². The largest absolute Gasteiger partial charge is 0.343 e. The number of ketones is 1. The van der Waals surface area contributed by atoms with Crippen LogP contribution in [0.5, 0.6) is 0 Å². The molecule has 0 amide bonds.